The summed E-state index contributed by atoms with van der Waals surface area (Å²) in [7, 11) is 0. The van der Waals surface area contributed by atoms with Crippen molar-refractivity contribution < 1.29 is 9.90 Å². The SMILES string of the molecule is O=C(Nc1cccc2c1CC(O)CC2)N1CCN(C2CCCCC2)CC1. The Morgan fingerprint density at radius 1 is 1.04 bits per heavy atom. The molecule has 5 nitrogen and oxygen atoms in total. The van der Waals surface area contributed by atoms with Crippen LogP contribution >= 0.6 is 0 Å². The Balaban J connectivity index is 1.35. The molecule has 5 heteroatoms. The number of amides is 2. The number of hydrogen-bond donors (Lipinski definition) is 2. The molecule has 1 aliphatic heterocycles. The van der Waals surface area contributed by atoms with Crippen LogP contribution in [0.4, 0.5) is 10.5 Å². The summed E-state index contributed by atoms with van der Waals surface area (Å²) in [6, 6.07) is 6.82. The molecule has 2 aliphatic carbocycles. The fourth-order valence-corrected chi connectivity index (χ4v) is 4.82. The third kappa shape index (κ3) is 3.89. The number of urea groups is 1. The van der Waals surface area contributed by atoms with E-state index in [-0.39, 0.29) is 12.1 Å². The van der Waals surface area contributed by atoms with Gasteiger partial charge in [0.05, 0.1) is 6.10 Å². The number of anilines is 1. The normalized spacial score (nSPS) is 25.0. The van der Waals surface area contributed by atoms with Gasteiger partial charge in [0.1, 0.15) is 0 Å². The predicted molar refractivity (Wildman–Crippen MR) is 104 cm³/mol. The zero-order chi connectivity index (χ0) is 17.9. The third-order valence-corrected chi connectivity index (χ3v) is 6.39. The van der Waals surface area contributed by atoms with Gasteiger partial charge in [-0.15, -0.1) is 0 Å². The van der Waals surface area contributed by atoms with Gasteiger partial charge in [0.2, 0.25) is 0 Å². The number of aryl methyl sites for hydroxylation is 1. The molecule has 1 unspecified atom stereocenters. The van der Waals surface area contributed by atoms with E-state index in [4.69, 9.17) is 0 Å². The number of nitrogens with one attached hydrogen (secondary N) is 1. The number of aliphatic hydroxyl groups is 1. The first-order valence-electron chi connectivity index (χ1n) is 10.3. The van der Waals surface area contributed by atoms with Gasteiger partial charge in [-0.2, -0.15) is 0 Å². The molecule has 1 heterocycles. The molecule has 0 spiro atoms. The lowest BCUT2D eigenvalue weighted by atomic mass is 9.88. The summed E-state index contributed by atoms with van der Waals surface area (Å²) in [5.74, 6) is 0. The summed E-state index contributed by atoms with van der Waals surface area (Å²) in [5.41, 5.74) is 3.25. The summed E-state index contributed by atoms with van der Waals surface area (Å²) in [6.45, 7) is 3.59. The Kier molecular flexibility index (Phi) is 5.46. The molecule has 4 rings (SSSR count). The van der Waals surface area contributed by atoms with E-state index >= 15 is 0 Å². The Hall–Kier alpha value is -1.59. The van der Waals surface area contributed by atoms with Gasteiger partial charge in [0.25, 0.3) is 0 Å². The van der Waals surface area contributed by atoms with Crippen molar-refractivity contribution in [2.75, 3.05) is 31.5 Å². The first-order chi connectivity index (χ1) is 12.7. The van der Waals surface area contributed by atoms with Crippen molar-refractivity contribution in [3.63, 3.8) is 0 Å². The molecular formula is C21H31N3O2. The summed E-state index contributed by atoms with van der Waals surface area (Å²) < 4.78 is 0. The van der Waals surface area contributed by atoms with Gasteiger partial charge in [0, 0.05) is 44.3 Å². The number of carbonyl (C=O) groups excluding carboxylic acids is 1. The quantitative estimate of drug-likeness (QED) is 0.855. The second-order valence-corrected chi connectivity index (χ2v) is 8.08. The van der Waals surface area contributed by atoms with Crippen molar-refractivity contribution in [2.24, 2.45) is 0 Å². The Morgan fingerprint density at radius 2 is 1.81 bits per heavy atom. The van der Waals surface area contributed by atoms with Crippen LogP contribution < -0.4 is 5.32 Å². The van der Waals surface area contributed by atoms with E-state index < -0.39 is 0 Å². The van der Waals surface area contributed by atoms with Gasteiger partial charge in [-0.1, -0.05) is 31.4 Å². The largest absolute Gasteiger partial charge is 0.393 e. The lowest BCUT2D eigenvalue weighted by Crippen LogP contribution is -2.53. The summed E-state index contributed by atoms with van der Waals surface area (Å²) in [6.07, 6.45) is 8.80. The average molecular weight is 357 g/mol. The molecule has 1 aromatic carbocycles. The Labute approximate surface area is 156 Å². The van der Waals surface area contributed by atoms with Crippen molar-refractivity contribution in [3.05, 3.63) is 29.3 Å². The van der Waals surface area contributed by atoms with Crippen LogP contribution in [0, 0.1) is 0 Å². The third-order valence-electron chi connectivity index (χ3n) is 6.39. The van der Waals surface area contributed by atoms with E-state index in [1.165, 1.54) is 37.7 Å². The number of benzene rings is 1. The van der Waals surface area contributed by atoms with Crippen LogP contribution in [-0.2, 0) is 12.8 Å². The number of rotatable bonds is 2. The van der Waals surface area contributed by atoms with Gasteiger partial charge >= 0.3 is 6.03 Å². The molecular weight excluding hydrogens is 326 g/mol. The van der Waals surface area contributed by atoms with E-state index in [1.54, 1.807) is 0 Å². The van der Waals surface area contributed by atoms with E-state index in [9.17, 15) is 9.90 Å². The summed E-state index contributed by atoms with van der Waals surface area (Å²) >= 11 is 0. The lowest BCUT2D eigenvalue weighted by molar-refractivity contribution is 0.0943. The minimum atomic E-state index is -0.292. The first-order valence-corrected chi connectivity index (χ1v) is 10.3. The van der Waals surface area contributed by atoms with Crippen molar-refractivity contribution in [1.29, 1.82) is 0 Å². The predicted octanol–water partition coefficient (Wildman–Crippen LogP) is 3.02. The molecule has 142 valence electrons. The summed E-state index contributed by atoms with van der Waals surface area (Å²) in [5, 5.41) is 13.1. The number of piperazine rings is 1. The minimum absolute atomic E-state index is 0.00163. The van der Waals surface area contributed by atoms with Crippen LogP contribution in [-0.4, -0.2) is 59.3 Å². The fraction of sp³-hybridized carbons (Fsp3) is 0.667. The zero-order valence-electron chi connectivity index (χ0n) is 15.6. The standard InChI is InChI=1S/C21H31N3O2/c25-18-10-9-16-5-4-8-20(19(16)15-18)22-21(26)24-13-11-23(12-14-24)17-6-2-1-3-7-17/h4-5,8,17-18,25H,1-3,6-7,9-15H2,(H,22,26). The molecule has 2 N–H and O–H groups in total. The van der Waals surface area contributed by atoms with Gasteiger partial charge in [-0.25, -0.2) is 4.79 Å². The maximum Gasteiger partial charge on any atom is 0.321 e. The summed E-state index contributed by atoms with van der Waals surface area (Å²) in [4.78, 5) is 17.3. The zero-order valence-corrected chi connectivity index (χ0v) is 15.6. The van der Waals surface area contributed by atoms with Crippen molar-refractivity contribution >= 4 is 11.7 Å². The van der Waals surface area contributed by atoms with E-state index in [0.29, 0.717) is 6.42 Å². The highest BCUT2D eigenvalue weighted by Gasteiger charge is 2.27. The average Bonchev–Trinajstić information content (AvgIpc) is 2.69. The maximum absolute atomic E-state index is 12.8. The highest BCUT2D eigenvalue weighted by molar-refractivity contribution is 5.90. The van der Waals surface area contributed by atoms with E-state index in [1.807, 2.05) is 17.0 Å². The second kappa shape index (κ2) is 7.97. The Bertz CT molecular complexity index is 634. The Morgan fingerprint density at radius 3 is 2.58 bits per heavy atom. The molecule has 2 amide bonds. The number of aliphatic hydroxyl groups excluding tert-OH is 1. The molecule has 2 fully saturated rings. The van der Waals surface area contributed by atoms with Crippen molar-refractivity contribution in [1.82, 2.24) is 9.80 Å². The van der Waals surface area contributed by atoms with Crippen molar-refractivity contribution in [2.45, 2.75) is 63.5 Å². The monoisotopic (exact) mass is 357 g/mol. The number of hydrogen-bond acceptors (Lipinski definition) is 3. The highest BCUT2D eigenvalue weighted by Crippen LogP contribution is 2.29. The number of nitrogens with zero attached hydrogens (tertiary/aromatic N) is 2. The van der Waals surface area contributed by atoms with Crippen LogP contribution in [0.1, 0.15) is 49.7 Å². The second-order valence-electron chi connectivity index (χ2n) is 8.08. The van der Waals surface area contributed by atoms with Gasteiger partial charge in [0.15, 0.2) is 0 Å². The number of fused-ring (bicyclic) bond motifs is 1. The number of carbonyl (C=O) groups is 1. The van der Waals surface area contributed by atoms with Gasteiger partial charge in [-0.3, -0.25) is 4.90 Å². The van der Waals surface area contributed by atoms with Gasteiger partial charge < -0.3 is 15.3 Å². The fourth-order valence-electron chi connectivity index (χ4n) is 4.82. The highest BCUT2D eigenvalue weighted by atomic mass is 16.3. The van der Waals surface area contributed by atoms with E-state index in [2.05, 4.69) is 16.3 Å². The maximum atomic E-state index is 12.8. The van der Waals surface area contributed by atoms with Crippen LogP contribution in [0.15, 0.2) is 18.2 Å². The molecule has 1 saturated heterocycles. The minimum Gasteiger partial charge on any atom is -0.393 e. The molecule has 1 aromatic rings. The lowest BCUT2D eigenvalue weighted by Gasteiger charge is -2.40. The van der Waals surface area contributed by atoms with E-state index in [0.717, 1.165) is 56.3 Å². The molecule has 1 saturated carbocycles. The van der Waals surface area contributed by atoms with Crippen molar-refractivity contribution in [3.8, 4) is 0 Å². The molecule has 0 aromatic heterocycles. The molecule has 0 bridgehead atoms. The topological polar surface area (TPSA) is 55.8 Å². The van der Waals surface area contributed by atoms with Crippen LogP contribution in [0.3, 0.4) is 0 Å². The molecule has 0 radical (unpaired) electrons. The van der Waals surface area contributed by atoms with Crippen LogP contribution in [0.25, 0.3) is 0 Å². The first kappa shape index (κ1) is 17.8. The molecule has 1 atom stereocenters. The molecule has 3 aliphatic rings. The van der Waals surface area contributed by atoms with Gasteiger partial charge in [-0.05, 0) is 42.9 Å². The van der Waals surface area contributed by atoms with Crippen LogP contribution in [0.5, 0.6) is 0 Å². The molecule has 26 heavy (non-hydrogen) atoms. The smallest absolute Gasteiger partial charge is 0.321 e. The van der Waals surface area contributed by atoms with Crippen LogP contribution in [0.2, 0.25) is 0 Å².